The van der Waals surface area contributed by atoms with Crippen molar-refractivity contribution in [3.8, 4) is 22.3 Å². The molecule has 4 aromatic heterocycles. The number of carbonyl (C=O) groups is 4. The number of nitrogens with zero attached hydrogens (tertiary/aromatic N) is 4. The number of benzene rings is 4. The molecule has 0 bridgehead atoms. The van der Waals surface area contributed by atoms with Crippen molar-refractivity contribution >= 4 is 67.4 Å². The number of anilines is 3. The quantitative estimate of drug-likeness (QED) is 0.111. The Labute approximate surface area is 355 Å². The van der Waals surface area contributed by atoms with E-state index in [1.54, 1.807) is 51.4 Å². The molecular weight excluding hydrogens is 816 g/mol. The summed E-state index contributed by atoms with van der Waals surface area (Å²) in [5.74, 6) is -2.46. The van der Waals surface area contributed by atoms with Crippen molar-refractivity contribution in [2.45, 2.75) is 0 Å². The molecule has 11 heteroatoms. The molecule has 1 aliphatic rings. The number of likely N-dealkylation sites (N-methyl/N-ethyl adjacent to an activating group) is 1. The summed E-state index contributed by atoms with van der Waals surface area (Å²) in [4.78, 5) is 56.5. The van der Waals surface area contributed by atoms with Crippen molar-refractivity contribution in [2.24, 2.45) is 0 Å². The first-order valence-corrected chi connectivity index (χ1v) is 20.3. The average molecular weight is 858 g/mol. The summed E-state index contributed by atoms with van der Waals surface area (Å²) in [6, 6.07) is 49.2. The number of aromatic nitrogens is 2. The van der Waals surface area contributed by atoms with Crippen LogP contribution in [0.25, 0.3) is 33.3 Å². The zero-order valence-electron chi connectivity index (χ0n) is 32.8. The number of Topliss-reactive ketones (excluding diaryl/α,β-unsaturated/α-hetero) is 2. The highest BCUT2D eigenvalue weighted by molar-refractivity contribution is 9.10. The second kappa shape index (κ2) is 17.8. The summed E-state index contributed by atoms with van der Waals surface area (Å²) in [7, 11) is 2.14. The monoisotopic (exact) mass is 856 g/mol. The maximum Gasteiger partial charge on any atom is 0.298 e. The molecule has 1 saturated heterocycles. The van der Waals surface area contributed by atoms with E-state index in [0.29, 0.717) is 22.8 Å². The van der Waals surface area contributed by atoms with Gasteiger partial charge in [-0.15, -0.1) is 0 Å². The predicted octanol–water partition coefficient (Wildman–Crippen LogP) is 9.37. The van der Waals surface area contributed by atoms with Crippen LogP contribution in [0, 0.1) is 0 Å². The van der Waals surface area contributed by atoms with Gasteiger partial charge in [0.05, 0.1) is 0 Å². The molecular formula is C49H41BrN6O4. The summed E-state index contributed by atoms with van der Waals surface area (Å²) in [6.45, 7) is 4.08. The molecule has 4 aromatic carbocycles. The van der Waals surface area contributed by atoms with Gasteiger partial charge in [0.2, 0.25) is 0 Å². The summed E-state index contributed by atoms with van der Waals surface area (Å²) < 4.78 is 4.49. The lowest BCUT2D eigenvalue weighted by atomic mass is 10.0. The number of para-hydroxylation sites is 2. The van der Waals surface area contributed by atoms with Crippen molar-refractivity contribution in [2.75, 3.05) is 48.8 Å². The van der Waals surface area contributed by atoms with Crippen LogP contribution < -0.4 is 15.5 Å². The highest BCUT2D eigenvalue weighted by Gasteiger charge is 2.26. The third-order valence-electron chi connectivity index (χ3n) is 10.5. The minimum absolute atomic E-state index is 0.348. The van der Waals surface area contributed by atoms with E-state index in [1.807, 2.05) is 115 Å². The SMILES string of the molecule is CN1CCN(c2ccc(-c3cc4ccccn4c3C(=O)C(=O)Nc3ccccc3)cc2)CC1.O=C(Nc1ccccc1)C(=O)c1c(-c2ccc(Br)cc2)cc2ccccn12. The molecule has 0 unspecified atom stereocenters. The van der Waals surface area contributed by atoms with E-state index in [-0.39, 0.29) is 0 Å². The van der Waals surface area contributed by atoms with Crippen LogP contribution in [-0.4, -0.2) is 70.3 Å². The van der Waals surface area contributed by atoms with Gasteiger partial charge in [-0.1, -0.05) is 88.7 Å². The standard InChI is InChI=1S/C27H26N4O2.C22H15BrN2O2/c1-29-15-17-30(18-16-29)22-12-10-20(11-13-22)24-19-23-9-5-6-14-31(23)25(24)26(32)27(33)28-21-7-3-2-4-8-21;23-16-11-9-15(10-12-16)19-14-18-8-4-5-13-25(18)20(19)21(26)22(27)24-17-6-2-1-3-7-17/h2-14,19H,15-18H2,1H3,(H,28,33);1-14H,(H,24,27). The Morgan fingerprint density at radius 1 is 0.500 bits per heavy atom. The van der Waals surface area contributed by atoms with E-state index in [4.69, 9.17) is 0 Å². The Kier molecular flexibility index (Phi) is 11.8. The third kappa shape index (κ3) is 8.68. The molecule has 2 N–H and O–H groups in total. The van der Waals surface area contributed by atoms with Crippen LogP contribution >= 0.6 is 15.9 Å². The van der Waals surface area contributed by atoms with Crippen LogP contribution in [0.5, 0.6) is 0 Å². The molecule has 0 atom stereocenters. The molecule has 0 spiro atoms. The van der Waals surface area contributed by atoms with Crippen LogP contribution in [0.1, 0.15) is 21.0 Å². The number of carbonyl (C=O) groups excluding carboxylic acids is 4. The van der Waals surface area contributed by atoms with Crippen molar-refractivity contribution in [1.29, 1.82) is 0 Å². The molecule has 1 fully saturated rings. The predicted molar refractivity (Wildman–Crippen MR) is 242 cm³/mol. The fourth-order valence-electron chi connectivity index (χ4n) is 7.33. The second-order valence-corrected chi connectivity index (χ2v) is 15.4. The number of rotatable bonds is 9. The van der Waals surface area contributed by atoms with Crippen molar-refractivity contribution in [1.82, 2.24) is 13.7 Å². The van der Waals surface area contributed by atoms with E-state index >= 15 is 0 Å². The Hall–Kier alpha value is -7.08. The van der Waals surface area contributed by atoms with Crippen LogP contribution in [0.4, 0.5) is 17.1 Å². The first-order chi connectivity index (χ1) is 29.2. The number of fused-ring (bicyclic) bond motifs is 2. The zero-order chi connectivity index (χ0) is 41.6. The zero-order valence-corrected chi connectivity index (χ0v) is 34.4. The lowest BCUT2D eigenvalue weighted by molar-refractivity contribution is -0.113. The van der Waals surface area contributed by atoms with Crippen molar-refractivity contribution in [3.05, 3.63) is 186 Å². The number of ketones is 2. The molecule has 0 radical (unpaired) electrons. The van der Waals surface area contributed by atoms with Crippen molar-refractivity contribution < 1.29 is 19.2 Å². The summed E-state index contributed by atoms with van der Waals surface area (Å²) in [5, 5.41) is 5.39. The fourth-order valence-corrected chi connectivity index (χ4v) is 7.59. The van der Waals surface area contributed by atoms with Gasteiger partial charge in [0, 0.05) is 82.3 Å². The highest BCUT2D eigenvalue weighted by atomic mass is 79.9. The van der Waals surface area contributed by atoms with Gasteiger partial charge in [-0.3, -0.25) is 19.2 Å². The van der Waals surface area contributed by atoms with Gasteiger partial charge in [-0.25, -0.2) is 0 Å². The molecule has 10 nitrogen and oxygen atoms in total. The number of piperazine rings is 1. The molecule has 60 heavy (non-hydrogen) atoms. The molecule has 2 amide bonds. The summed E-state index contributed by atoms with van der Waals surface area (Å²) in [5.41, 5.74) is 8.04. The van der Waals surface area contributed by atoms with E-state index in [0.717, 1.165) is 63.9 Å². The molecule has 0 aliphatic carbocycles. The van der Waals surface area contributed by atoms with E-state index in [2.05, 4.69) is 55.5 Å². The van der Waals surface area contributed by atoms with Gasteiger partial charge in [-0.2, -0.15) is 0 Å². The minimum Gasteiger partial charge on any atom is -0.369 e. The maximum absolute atomic E-state index is 13.3. The fraction of sp³-hybridized carbons (Fsp3) is 0.102. The lowest BCUT2D eigenvalue weighted by Gasteiger charge is -2.34. The van der Waals surface area contributed by atoms with Gasteiger partial charge < -0.3 is 29.2 Å². The molecule has 8 aromatic rings. The molecule has 5 heterocycles. The lowest BCUT2D eigenvalue weighted by Crippen LogP contribution is -2.44. The highest BCUT2D eigenvalue weighted by Crippen LogP contribution is 2.32. The Balaban J connectivity index is 0.000000170. The van der Waals surface area contributed by atoms with Gasteiger partial charge in [0.15, 0.2) is 0 Å². The minimum atomic E-state index is -0.664. The summed E-state index contributed by atoms with van der Waals surface area (Å²) >= 11 is 3.42. The van der Waals surface area contributed by atoms with Gasteiger partial charge in [0.25, 0.3) is 23.4 Å². The number of amides is 2. The average Bonchev–Trinajstić information content (AvgIpc) is 3.87. The molecule has 0 saturated carbocycles. The smallest absolute Gasteiger partial charge is 0.298 e. The molecule has 298 valence electrons. The Morgan fingerprint density at radius 2 is 0.917 bits per heavy atom. The second-order valence-electron chi connectivity index (χ2n) is 14.4. The van der Waals surface area contributed by atoms with E-state index in [1.165, 1.54) is 5.69 Å². The van der Waals surface area contributed by atoms with E-state index in [9.17, 15) is 19.2 Å². The third-order valence-corrected chi connectivity index (χ3v) is 11.0. The van der Waals surface area contributed by atoms with Crippen LogP contribution in [0.2, 0.25) is 0 Å². The van der Waals surface area contributed by atoms with Gasteiger partial charge >= 0.3 is 0 Å². The van der Waals surface area contributed by atoms with Gasteiger partial charge in [-0.05, 0) is 103 Å². The molecule has 1 aliphatic heterocycles. The normalized spacial score (nSPS) is 12.7. The Bertz CT molecular complexity index is 2810. The number of halogens is 1. The first kappa shape index (κ1) is 39.7. The van der Waals surface area contributed by atoms with E-state index < -0.39 is 23.4 Å². The van der Waals surface area contributed by atoms with Crippen LogP contribution in [0.15, 0.2) is 175 Å². The van der Waals surface area contributed by atoms with Crippen LogP contribution in [-0.2, 0) is 9.59 Å². The number of pyridine rings is 2. The van der Waals surface area contributed by atoms with Crippen molar-refractivity contribution in [3.63, 3.8) is 0 Å². The number of nitrogens with one attached hydrogen (secondary N) is 2. The first-order valence-electron chi connectivity index (χ1n) is 19.5. The maximum atomic E-state index is 13.3. The number of hydrogen-bond donors (Lipinski definition) is 2. The topological polar surface area (TPSA) is 108 Å². The largest absolute Gasteiger partial charge is 0.369 e. The Morgan fingerprint density at radius 3 is 1.37 bits per heavy atom. The molecule has 9 rings (SSSR count). The number of hydrogen-bond acceptors (Lipinski definition) is 6. The summed E-state index contributed by atoms with van der Waals surface area (Å²) in [6.07, 6.45) is 3.61. The van der Waals surface area contributed by atoms with Gasteiger partial charge in [0.1, 0.15) is 11.4 Å². The van der Waals surface area contributed by atoms with Crippen LogP contribution in [0.3, 0.4) is 0 Å².